The number of benzene rings is 3. The van der Waals surface area contributed by atoms with Crippen molar-refractivity contribution in [3.8, 4) is 34.5 Å². The van der Waals surface area contributed by atoms with Crippen molar-refractivity contribution in [2.75, 3.05) is 13.2 Å². The number of carbonyl (C=O) groups is 1. The van der Waals surface area contributed by atoms with Gasteiger partial charge < -0.3 is 84.6 Å². The molecular weight excluding hydrogens is 720 g/mol. The van der Waals surface area contributed by atoms with Gasteiger partial charge in [-0.15, -0.1) is 0 Å². The van der Waals surface area contributed by atoms with E-state index in [9.17, 15) is 61.0 Å². The summed E-state index contributed by atoms with van der Waals surface area (Å²) in [7, 11) is 0. The van der Waals surface area contributed by atoms with Gasteiger partial charge in [-0.05, 0) is 48.0 Å². The van der Waals surface area contributed by atoms with Crippen molar-refractivity contribution < 1.29 is 89.4 Å². The smallest absolute Gasteiger partial charge is 0.330 e. The van der Waals surface area contributed by atoms with Crippen LogP contribution in [0.25, 0.3) is 12.2 Å². The van der Waals surface area contributed by atoms with Crippen molar-refractivity contribution in [1.82, 2.24) is 0 Å². The summed E-state index contributed by atoms with van der Waals surface area (Å²) in [6.07, 6.45) is -13.6. The van der Waals surface area contributed by atoms with Gasteiger partial charge in [0.2, 0.25) is 12.6 Å². The number of fused-ring (bicyclic) bond motifs is 1. The first kappa shape index (κ1) is 38.6. The summed E-state index contributed by atoms with van der Waals surface area (Å²) in [6, 6.07) is 12.2. The molecule has 0 amide bonds. The molecule has 11 unspecified atom stereocenters. The molecule has 0 saturated carbocycles. The number of rotatable bonds is 10. The molecule has 3 aliphatic rings. The van der Waals surface area contributed by atoms with Gasteiger partial charge in [0.15, 0.2) is 17.3 Å². The number of esters is 1. The van der Waals surface area contributed by atoms with Crippen LogP contribution in [-0.2, 0) is 23.7 Å². The zero-order chi connectivity index (χ0) is 38.8. The van der Waals surface area contributed by atoms with Gasteiger partial charge >= 0.3 is 5.97 Å². The number of hydrogen-bond acceptors (Lipinski definition) is 17. The average Bonchev–Trinajstić information content (AvgIpc) is 3.15. The van der Waals surface area contributed by atoms with Gasteiger partial charge in [0.05, 0.1) is 18.2 Å². The number of aromatic hydroxyl groups is 5. The minimum Gasteiger partial charge on any atom is -0.571 e. The highest BCUT2D eigenvalue weighted by Crippen LogP contribution is 2.45. The van der Waals surface area contributed by atoms with Crippen LogP contribution >= 0.6 is 0 Å². The maximum atomic E-state index is 12.7. The Morgan fingerprint density at radius 3 is 2.06 bits per heavy atom. The first-order valence-corrected chi connectivity index (χ1v) is 16.5. The van der Waals surface area contributed by atoms with E-state index >= 15 is 0 Å². The fraction of sp³-hybridized carbons (Fsp3) is 0.361. The van der Waals surface area contributed by atoms with Crippen molar-refractivity contribution in [1.29, 1.82) is 0 Å². The molecule has 2 fully saturated rings. The van der Waals surface area contributed by atoms with Gasteiger partial charge in [-0.3, -0.25) is 0 Å². The molecule has 18 heteroatoms. The summed E-state index contributed by atoms with van der Waals surface area (Å²) in [5, 5.41) is 112. The number of aliphatic hydroxyl groups is 8. The molecule has 0 spiro atoms. The van der Waals surface area contributed by atoms with Gasteiger partial charge in [-0.1, -0.05) is 6.07 Å². The molecule has 6 rings (SSSR count). The normalized spacial score (nSPS) is 30.9. The van der Waals surface area contributed by atoms with Crippen LogP contribution in [0.4, 0.5) is 0 Å². The van der Waals surface area contributed by atoms with Gasteiger partial charge in [0, 0.05) is 18.2 Å². The van der Waals surface area contributed by atoms with Crippen molar-refractivity contribution in [3.63, 3.8) is 0 Å². The van der Waals surface area contributed by atoms with Crippen molar-refractivity contribution in [3.05, 3.63) is 83.1 Å². The second-order valence-corrected chi connectivity index (χ2v) is 12.7. The third kappa shape index (κ3) is 8.16. The van der Waals surface area contributed by atoms with E-state index in [1.165, 1.54) is 48.6 Å². The van der Waals surface area contributed by atoms with Gasteiger partial charge in [0.25, 0.3) is 11.9 Å². The quantitative estimate of drug-likeness (QED) is 0.0678. The molecular formula is C36H39O18+. The minimum atomic E-state index is -1.83. The van der Waals surface area contributed by atoms with Crippen LogP contribution in [0.5, 0.6) is 34.5 Å². The van der Waals surface area contributed by atoms with Crippen LogP contribution in [0.15, 0.2) is 66.4 Å². The number of phenolic OH excluding ortho intramolecular Hbond substituents is 4. The Hall–Kier alpha value is -5.15. The fourth-order valence-electron chi connectivity index (χ4n) is 5.96. The molecule has 54 heavy (non-hydrogen) atoms. The maximum absolute atomic E-state index is 12.7. The number of phenols is 4. The summed E-state index contributed by atoms with van der Waals surface area (Å²) < 4.78 is 32.3. The molecule has 12 N–H and O–H groups in total. The van der Waals surface area contributed by atoms with E-state index in [0.29, 0.717) is 5.56 Å². The molecule has 3 aliphatic heterocycles. The first-order valence-electron chi connectivity index (χ1n) is 16.5. The summed E-state index contributed by atoms with van der Waals surface area (Å²) in [6.45, 7) is -1.32. The van der Waals surface area contributed by atoms with E-state index in [1.54, 1.807) is 12.1 Å². The van der Waals surface area contributed by atoms with E-state index < -0.39 is 92.4 Å². The predicted octanol–water partition coefficient (Wildman–Crippen LogP) is -0.894. The van der Waals surface area contributed by atoms with Crippen LogP contribution in [-0.4, -0.2) is 142 Å². The Morgan fingerprint density at radius 2 is 1.37 bits per heavy atom. The number of aliphatic hydroxyl groups excluding tert-OH is 7. The molecule has 0 bridgehead atoms. The molecule has 3 aromatic carbocycles. The topological polar surface area (TPSA) is 299 Å². The highest BCUT2D eigenvalue weighted by atomic mass is 16.7. The Bertz CT molecular complexity index is 1860. The molecule has 0 aliphatic carbocycles. The van der Waals surface area contributed by atoms with Crippen molar-refractivity contribution in [2.24, 2.45) is 0 Å². The SMILES string of the molecule is O=C(C=Cc1ccc(O)c(OC2OC(CO)C(O)C(O)C2O)c1)OCC1OC(OC2=Cc3c(O)cc(O)cc3[OH+]C2c2ccc(O)cc2)C(O)C(O)C1O. The molecule has 2 saturated heterocycles. The second kappa shape index (κ2) is 16.1. The fourth-order valence-corrected chi connectivity index (χ4v) is 5.96. The molecule has 11 atom stereocenters. The molecule has 290 valence electrons. The third-order valence-corrected chi connectivity index (χ3v) is 8.95. The van der Waals surface area contributed by atoms with E-state index in [-0.39, 0.29) is 45.6 Å². The molecule has 3 heterocycles. The molecule has 0 aromatic heterocycles. The zero-order valence-electron chi connectivity index (χ0n) is 28.0. The third-order valence-electron chi connectivity index (χ3n) is 8.95. The maximum Gasteiger partial charge on any atom is 0.330 e. The van der Waals surface area contributed by atoms with Crippen LogP contribution in [0.2, 0.25) is 0 Å². The number of hydrogen-bond donors (Lipinski definition) is 11. The molecule has 3 aromatic rings. The van der Waals surface area contributed by atoms with Crippen molar-refractivity contribution in [2.45, 2.75) is 67.5 Å². The summed E-state index contributed by atoms with van der Waals surface area (Å²) in [4.78, 5) is 12.7. The molecule has 0 radical (unpaired) electrons. The predicted molar refractivity (Wildman–Crippen MR) is 181 cm³/mol. The van der Waals surface area contributed by atoms with Crippen LogP contribution in [0.3, 0.4) is 0 Å². The van der Waals surface area contributed by atoms with Gasteiger partial charge in [0.1, 0.15) is 78.3 Å². The van der Waals surface area contributed by atoms with Crippen LogP contribution in [0, 0.1) is 0 Å². The first-order chi connectivity index (χ1) is 25.7. The average molecular weight is 760 g/mol. The standard InChI is InChI=1S/C36H38O18/c37-13-25-28(43)30(45)32(47)35(53-25)51-23-9-15(1-7-20(23)40)2-8-27(42)49-14-26-29(44)31(46)33(48)36(54-26)52-24-12-19-21(41)10-18(39)11-22(19)50-34(24)16-3-5-17(38)6-4-16/h1-12,25-26,28-41,43-48H,13-14H2/p+1. The van der Waals surface area contributed by atoms with Gasteiger partial charge in [-0.25, -0.2) is 4.79 Å². The van der Waals surface area contributed by atoms with E-state index in [4.69, 9.17) is 23.7 Å². The molecule has 18 nitrogen and oxygen atoms in total. The van der Waals surface area contributed by atoms with E-state index in [1.807, 2.05) is 0 Å². The highest BCUT2D eigenvalue weighted by molar-refractivity contribution is 5.87. The Kier molecular flexibility index (Phi) is 11.5. The zero-order valence-corrected chi connectivity index (χ0v) is 28.0. The van der Waals surface area contributed by atoms with E-state index in [0.717, 1.165) is 12.1 Å². The highest BCUT2D eigenvalue weighted by Gasteiger charge is 2.48. The number of carbonyl (C=O) groups excluding carboxylic acids is 1. The lowest BCUT2D eigenvalue weighted by molar-refractivity contribution is -0.296. The second-order valence-electron chi connectivity index (χ2n) is 12.7. The minimum absolute atomic E-state index is 0.0179. The monoisotopic (exact) mass is 759 g/mol. The lowest BCUT2D eigenvalue weighted by Crippen LogP contribution is -2.60. The Labute approximate surface area is 305 Å². The van der Waals surface area contributed by atoms with E-state index in [2.05, 4.69) is 4.74 Å². The van der Waals surface area contributed by atoms with Crippen LogP contribution < -0.4 is 4.74 Å². The summed E-state index contributed by atoms with van der Waals surface area (Å²) >= 11 is 0. The largest absolute Gasteiger partial charge is 0.571 e. The summed E-state index contributed by atoms with van der Waals surface area (Å²) in [5.41, 5.74) is 0.946. The lowest BCUT2D eigenvalue weighted by atomic mass is 9.98. The van der Waals surface area contributed by atoms with Gasteiger partial charge in [-0.2, -0.15) is 0 Å². The summed E-state index contributed by atoms with van der Waals surface area (Å²) in [5.74, 6) is -1.96. The number of ether oxygens (including phenoxy) is 6. The lowest BCUT2D eigenvalue weighted by Gasteiger charge is -2.40. The Morgan fingerprint density at radius 1 is 0.722 bits per heavy atom. The van der Waals surface area contributed by atoms with Crippen LogP contribution in [0.1, 0.15) is 22.8 Å². The van der Waals surface area contributed by atoms with Crippen molar-refractivity contribution >= 4 is 18.1 Å². The Balaban J connectivity index is 1.12.